The largest absolute Gasteiger partial charge is 0.394 e. The number of anilines is 1. The van der Waals surface area contributed by atoms with Gasteiger partial charge < -0.3 is 15.7 Å². The van der Waals surface area contributed by atoms with Gasteiger partial charge in [-0.05, 0) is 12.1 Å². The highest BCUT2D eigenvalue weighted by molar-refractivity contribution is 5.55. The molecule has 1 unspecified atom stereocenters. The second kappa shape index (κ2) is 4.55. The molecule has 0 aliphatic heterocycles. The van der Waals surface area contributed by atoms with Crippen LogP contribution < -0.4 is 10.6 Å². The Morgan fingerprint density at radius 2 is 1.87 bits per heavy atom. The van der Waals surface area contributed by atoms with Crippen molar-refractivity contribution in [3.63, 3.8) is 0 Å². The Kier molecular flexibility index (Phi) is 3.60. The van der Waals surface area contributed by atoms with Gasteiger partial charge in [0.25, 0.3) is 0 Å². The first-order valence-electron chi connectivity index (χ1n) is 4.50. The fourth-order valence-electron chi connectivity index (χ4n) is 1.46. The quantitative estimate of drug-likeness (QED) is 0.793. The number of aliphatic hydroxyl groups is 1. The lowest BCUT2D eigenvalue weighted by Gasteiger charge is -2.21. The molecule has 3 N–H and O–H groups in total. The van der Waals surface area contributed by atoms with Crippen molar-refractivity contribution in [2.24, 2.45) is 5.73 Å². The lowest BCUT2D eigenvalue weighted by Crippen LogP contribution is -2.22. The summed E-state index contributed by atoms with van der Waals surface area (Å²) in [6, 6.07) is 1.13. The number of nitrogens with zero attached hydrogens (tertiary/aromatic N) is 1. The number of rotatable bonds is 3. The first-order valence-corrected chi connectivity index (χ1v) is 4.50. The standard InChI is InChI=1S/C10H14F2N2O/c1-14(2)10-7(12)4-3-6(11)9(10)8(13)5-15/h3-4,8,15H,5,13H2,1-2H3. The highest BCUT2D eigenvalue weighted by Crippen LogP contribution is 2.29. The van der Waals surface area contributed by atoms with Crippen LogP contribution in [0.5, 0.6) is 0 Å². The molecule has 0 aliphatic rings. The number of hydrogen-bond acceptors (Lipinski definition) is 3. The molecule has 0 bridgehead atoms. The van der Waals surface area contributed by atoms with Crippen molar-refractivity contribution >= 4 is 5.69 Å². The van der Waals surface area contributed by atoms with Crippen LogP contribution in [0.1, 0.15) is 11.6 Å². The van der Waals surface area contributed by atoms with Gasteiger partial charge in [0, 0.05) is 19.7 Å². The van der Waals surface area contributed by atoms with Gasteiger partial charge in [-0.3, -0.25) is 0 Å². The van der Waals surface area contributed by atoms with Crippen LogP contribution in [0.25, 0.3) is 0 Å². The molecule has 0 fully saturated rings. The molecule has 0 aromatic heterocycles. The van der Waals surface area contributed by atoms with E-state index in [1.165, 1.54) is 4.90 Å². The van der Waals surface area contributed by atoms with E-state index in [4.69, 9.17) is 10.8 Å². The second-order valence-corrected chi connectivity index (χ2v) is 3.47. The topological polar surface area (TPSA) is 49.5 Å². The van der Waals surface area contributed by atoms with Crippen molar-refractivity contribution in [2.75, 3.05) is 25.6 Å². The van der Waals surface area contributed by atoms with E-state index in [-0.39, 0.29) is 11.3 Å². The van der Waals surface area contributed by atoms with Crippen molar-refractivity contribution in [1.82, 2.24) is 0 Å². The van der Waals surface area contributed by atoms with Crippen LogP contribution in [0.3, 0.4) is 0 Å². The molecule has 0 saturated heterocycles. The highest BCUT2D eigenvalue weighted by Gasteiger charge is 2.20. The van der Waals surface area contributed by atoms with Gasteiger partial charge in [0.2, 0.25) is 0 Å². The minimum absolute atomic E-state index is 0.00231. The molecular formula is C10H14F2N2O. The lowest BCUT2D eigenvalue weighted by atomic mass is 10.0. The molecule has 1 aromatic rings. The zero-order valence-corrected chi connectivity index (χ0v) is 8.67. The number of halogens is 2. The fraction of sp³-hybridized carbons (Fsp3) is 0.400. The van der Waals surface area contributed by atoms with Crippen LogP contribution >= 0.6 is 0 Å². The highest BCUT2D eigenvalue weighted by atomic mass is 19.1. The van der Waals surface area contributed by atoms with Crippen LogP contribution in [0.4, 0.5) is 14.5 Å². The molecule has 0 radical (unpaired) electrons. The molecule has 1 aromatic carbocycles. The van der Waals surface area contributed by atoms with Gasteiger partial charge in [-0.25, -0.2) is 8.78 Å². The van der Waals surface area contributed by atoms with Crippen molar-refractivity contribution in [3.8, 4) is 0 Å². The fourth-order valence-corrected chi connectivity index (χ4v) is 1.46. The maximum Gasteiger partial charge on any atom is 0.147 e. The van der Waals surface area contributed by atoms with Crippen molar-refractivity contribution in [1.29, 1.82) is 0 Å². The van der Waals surface area contributed by atoms with Gasteiger partial charge in [0.05, 0.1) is 18.3 Å². The average molecular weight is 216 g/mol. The zero-order valence-electron chi connectivity index (χ0n) is 8.67. The van der Waals surface area contributed by atoms with E-state index in [1.807, 2.05) is 0 Å². The van der Waals surface area contributed by atoms with Gasteiger partial charge in [0.1, 0.15) is 11.6 Å². The summed E-state index contributed by atoms with van der Waals surface area (Å²) in [6.07, 6.45) is 0. The molecule has 3 nitrogen and oxygen atoms in total. The predicted octanol–water partition coefficient (Wildman–Crippen LogP) is 1.02. The Morgan fingerprint density at radius 3 is 2.33 bits per heavy atom. The third kappa shape index (κ3) is 2.24. The Balaban J connectivity index is 3.38. The van der Waals surface area contributed by atoms with E-state index in [1.54, 1.807) is 14.1 Å². The third-order valence-corrected chi connectivity index (χ3v) is 2.13. The van der Waals surface area contributed by atoms with Crippen molar-refractivity contribution in [3.05, 3.63) is 29.3 Å². The summed E-state index contributed by atoms with van der Waals surface area (Å²) in [5.41, 5.74) is 5.60. The summed E-state index contributed by atoms with van der Waals surface area (Å²) in [5, 5.41) is 8.88. The van der Waals surface area contributed by atoms with E-state index >= 15 is 0 Å². The summed E-state index contributed by atoms with van der Waals surface area (Å²) >= 11 is 0. The summed E-state index contributed by atoms with van der Waals surface area (Å²) in [6.45, 7) is -0.429. The van der Waals surface area contributed by atoms with Gasteiger partial charge in [-0.2, -0.15) is 0 Å². The number of hydrogen-bond donors (Lipinski definition) is 2. The van der Waals surface area contributed by atoms with E-state index in [9.17, 15) is 8.78 Å². The van der Waals surface area contributed by atoms with Crippen LogP contribution in [0, 0.1) is 11.6 Å². The molecule has 0 saturated carbocycles. The molecule has 0 spiro atoms. The summed E-state index contributed by atoms with van der Waals surface area (Å²) in [7, 11) is 3.18. The Bertz CT molecular complexity index is 356. The molecule has 0 heterocycles. The maximum atomic E-state index is 13.4. The molecule has 1 rings (SSSR count). The Hall–Kier alpha value is -1.20. The van der Waals surface area contributed by atoms with Gasteiger partial charge >= 0.3 is 0 Å². The molecule has 5 heteroatoms. The molecular weight excluding hydrogens is 202 g/mol. The van der Waals surface area contributed by atoms with Crippen LogP contribution in [-0.4, -0.2) is 25.8 Å². The van der Waals surface area contributed by atoms with E-state index in [2.05, 4.69) is 0 Å². The maximum absolute atomic E-state index is 13.4. The van der Waals surface area contributed by atoms with Crippen LogP contribution in [-0.2, 0) is 0 Å². The summed E-state index contributed by atoms with van der Waals surface area (Å²) in [5.74, 6) is -1.16. The third-order valence-electron chi connectivity index (χ3n) is 2.13. The predicted molar refractivity (Wildman–Crippen MR) is 54.7 cm³/mol. The summed E-state index contributed by atoms with van der Waals surface area (Å²) in [4.78, 5) is 1.43. The van der Waals surface area contributed by atoms with Crippen LogP contribution in [0.2, 0.25) is 0 Å². The molecule has 84 valence electrons. The molecule has 0 amide bonds. The van der Waals surface area contributed by atoms with E-state index < -0.39 is 24.3 Å². The van der Waals surface area contributed by atoms with E-state index in [0.717, 1.165) is 12.1 Å². The molecule has 0 aliphatic carbocycles. The lowest BCUT2D eigenvalue weighted by molar-refractivity contribution is 0.265. The SMILES string of the molecule is CN(C)c1c(F)ccc(F)c1C(N)CO. The number of nitrogens with two attached hydrogens (primary N) is 1. The van der Waals surface area contributed by atoms with Gasteiger partial charge in [0.15, 0.2) is 0 Å². The second-order valence-electron chi connectivity index (χ2n) is 3.47. The Morgan fingerprint density at radius 1 is 1.33 bits per heavy atom. The molecule has 1 atom stereocenters. The minimum Gasteiger partial charge on any atom is -0.394 e. The monoisotopic (exact) mass is 216 g/mol. The zero-order chi connectivity index (χ0) is 11.6. The Labute approximate surface area is 87.1 Å². The van der Waals surface area contributed by atoms with Gasteiger partial charge in [-0.1, -0.05) is 0 Å². The van der Waals surface area contributed by atoms with E-state index in [0.29, 0.717) is 0 Å². The number of benzene rings is 1. The average Bonchev–Trinajstić information content (AvgIpc) is 2.19. The van der Waals surface area contributed by atoms with Crippen molar-refractivity contribution in [2.45, 2.75) is 6.04 Å². The van der Waals surface area contributed by atoms with Gasteiger partial charge in [-0.15, -0.1) is 0 Å². The first-order chi connectivity index (χ1) is 6.99. The van der Waals surface area contributed by atoms with Crippen molar-refractivity contribution < 1.29 is 13.9 Å². The number of aliphatic hydroxyl groups excluding tert-OH is 1. The first kappa shape index (κ1) is 11.9. The molecule has 15 heavy (non-hydrogen) atoms. The normalized spacial score (nSPS) is 12.7. The minimum atomic E-state index is -0.918. The van der Waals surface area contributed by atoms with Crippen LogP contribution in [0.15, 0.2) is 12.1 Å². The smallest absolute Gasteiger partial charge is 0.147 e. The summed E-state index contributed by atoms with van der Waals surface area (Å²) < 4.78 is 26.9.